The number of rotatable bonds is 1. The summed E-state index contributed by atoms with van der Waals surface area (Å²) in [6.45, 7) is 6.03. The van der Waals surface area contributed by atoms with E-state index in [1.54, 1.807) is 6.20 Å². The zero-order chi connectivity index (χ0) is 9.97. The summed E-state index contributed by atoms with van der Waals surface area (Å²) < 4.78 is 5.66. The number of ether oxygens (including phenoxy) is 1. The van der Waals surface area contributed by atoms with Crippen molar-refractivity contribution in [3.63, 3.8) is 0 Å². The van der Waals surface area contributed by atoms with Crippen molar-refractivity contribution in [2.45, 2.75) is 26.1 Å². The maximum Gasteiger partial charge on any atom is 0.128 e. The molecule has 0 unspecified atom stereocenters. The first-order valence-electron chi connectivity index (χ1n) is 4.98. The van der Waals surface area contributed by atoms with Crippen LogP contribution in [0.2, 0.25) is 0 Å². The molecule has 1 aliphatic rings. The van der Waals surface area contributed by atoms with Crippen LogP contribution in [0.3, 0.4) is 0 Å². The Labute approximate surface area is 84.7 Å². The minimum Gasteiger partial charge on any atom is -0.372 e. The van der Waals surface area contributed by atoms with Gasteiger partial charge in [-0.1, -0.05) is 0 Å². The van der Waals surface area contributed by atoms with Gasteiger partial charge in [0.05, 0.1) is 12.2 Å². The second-order valence-electron chi connectivity index (χ2n) is 3.78. The Morgan fingerprint density at radius 2 is 2.14 bits per heavy atom. The average Bonchev–Trinajstić information content (AvgIpc) is 2.18. The summed E-state index contributed by atoms with van der Waals surface area (Å²) in [4.78, 5) is 6.54. The Balaban J connectivity index is 2.11. The van der Waals surface area contributed by atoms with E-state index < -0.39 is 0 Å². The first-order chi connectivity index (χ1) is 6.75. The van der Waals surface area contributed by atoms with Crippen LogP contribution in [0, 0.1) is 6.07 Å². The second kappa shape index (κ2) is 3.96. The minimum atomic E-state index is 0.282. The number of nitrogens with zero attached hydrogens (tertiary/aromatic N) is 2. The molecule has 1 aromatic heterocycles. The van der Waals surface area contributed by atoms with Gasteiger partial charge >= 0.3 is 0 Å². The molecular weight excluding hydrogens is 176 g/mol. The highest BCUT2D eigenvalue weighted by molar-refractivity contribution is 5.38. The van der Waals surface area contributed by atoms with Crippen LogP contribution in [-0.2, 0) is 4.74 Å². The normalized spacial score (nSPS) is 27.7. The number of hydrogen-bond acceptors (Lipinski definition) is 3. The van der Waals surface area contributed by atoms with Crippen LogP contribution >= 0.6 is 0 Å². The number of hydrogen-bond donors (Lipinski definition) is 0. The molecule has 3 heteroatoms. The van der Waals surface area contributed by atoms with Gasteiger partial charge in [-0.05, 0) is 26.0 Å². The van der Waals surface area contributed by atoms with Crippen LogP contribution in [0.15, 0.2) is 18.3 Å². The van der Waals surface area contributed by atoms with Gasteiger partial charge in [-0.2, -0.15) is 0 Å². The Morgan fingerprint density at radius 3 is 2.71 bits per heavy atom. The molecule has 75 valence electrons. The summed E-state index contributed by atoms with van der Waals surface area (Å²) in [5, 5.41) is 0. The van der Waals surface area contributed by atoms with E-state index in [4.69, 9.17) is 4.74 Å². The minimum absolute atomic E-state index is 0.282. The maximum atomic E-state index is 5.66. The summed E-state index contributed by atoms with van der Waals surface area (Å²) in [5.74, 6) is 1.02. The molecule has 1 aromatic rings. The zero-order valence-corrected chi connectivity index (χ0v) is 8.60. The lowest BCUT2D eigenvalue weighted by molar-refractivity contribution is -0.00545. The van der Waals surface area contributed by atoms with Crippen LogP contribution in [-0.4, -0.2) is 30.3 Å². The van der Waals surface area contributed by atoms with Gasteiger partial charge in [0.15, 0.2) is 0 Å². The molecule has 1 fully saturated rings. The topological polar surface area (TPSA) is 25.4 Å². The zero-order valence-electron chi connectivity index (χ0n) is 8.60. The van der Waals surface area contributed by atoms with E-state index in [-0.39, 0.29) is 12.2 Å². The van der Waals surface area contributed by atoms with E-state index in [2.05, 4.69) is 29.8 Å². The smallest absolute Gasteiger partial charge is 0.128 e. The lowest BCUT2D eigenvalue weighted by Gasteiger charge is -2.35. The van der Waals surface area contributed by atoms with Crippen LogP contribution < -0.4 is 4.90 Å². The van der Waals surface area contributed by atoms with E-state index in [1.165, 1.54) is 0 Å². The number of morpholine rings is 1. The van der Waals surface area contributed by atoms with Crippen molar-refractivity contribution >= 4 is 5.82 Å². The molecule has 14 heavy (non-hydrogen) atoms. The van der Waals surface area contributed by atoms with Crippen molar-refractivity contribution in [1.29, 1.82) is 0 Å². The lowest BCUT2D eigenvalue weighted by atomic mass is 10.2. The lowest BCUT2D eigenvalue weighted by Crippen LogP contribution is -2.45. The van der Waals surface area contributed by atoms with Crippen molar-refractivity contribution in [3.8, 4) is 0 Å². The average molecular weight is 191 g/mol. The third kappa shape index (κ3) is 2.04. The molecule has 0 spiro atoms. The molecule has 0 N–H and O–H groups in total. The highest BCUT2D eigenvalue weighted by Crippen LogP contribution is 2.16. The summed E-state index contributed by atoms with van der Waals surface area (Å²) in [6.07, 6.45) is 2.27. The fourth-order valence-corrected chi connectivity index (χ4v) is 1.86. The third-order valence-corrected chi connectivity index (χ3v) is 2.34. The van der Waals surface area contributed by atoms with Gasteiger partial charge < -0.3 is 9.64 Å². The van der Waals surface area contributed by atoms with Crippen molar-refractivity contribution in [2.75, 3.05) is 18.0 Å². The molecule has 2 heterocycles. The number of anilines is 1. The molecule has 1 aliphatic heterocycles. The van der Waals surface area contributed by atoms with Crippen molar-refractivity contribution in [1.82, 2.24) is 4.98 Å². The van der Waals surface area contributed by atoms with Crippen molar-refractivity contribution < 1.29 is 4.74 Å². The molecular formula is C11H15N2O. The van der Waals surface area contributed by atoms with Gasteiger partial charge in [0.2, 0.25) is 0 Å². The Hall–Kier alpha value is -1.09. The Bertz CT molecular complexity index is 279. The number of aromatic nitrogens is 1. The highest BCUT2D eigenvalue weighted by atomic mass is 16.5. The summed E-state index contributed by atoms with van der Waals surface area (Å²) in [7, 11) is 0. The molecule has 0 aromatic carbocycles. The predicted octanol–water partition coefficient (Wildman–Crippen LogP) is 1.50. The molecule has 1 saturated heterocycles. The van der Waals surface area contributed by atoms with Crippen LogP contribution in [0.1, 0.15) is 13.8 Å². The largest absolute Gasteiger partial charge is 0.372 e. The van der Waals surface area contributed by atoms with Crippen LogP contribution in [0.4, 0.5) is 5.82 Å². The van der Waals surface area contributed by atoms with Gasteiger partial charge in [0.25, 0.3) is 0 Å². The molecule has 2 rings (SSSR count). The molecule has 0 amide bonds. The molecule has 0 bridgehead atoms. The van der Waals surface area contributed by atoms with E-state index >= 15 is 0 Å². The fraction of sp³-hybridized carbons (Fsp3) is 0.545. The van der Waals surface area contributed by atoms with Crippen LogP contribution in [0.5, 0.6) is 0 Å². The first kappa shape index (κ1) is 9.46. The van der Waals surface area contributed by atoms with Gasteiger partial charge in [0, 0.05) is 25.4 Å². The summed E-state index contributed by atoms with van der Waals surface area (Å²) in [5.41, 5.74) is 0. The third-order valence-electron chi connectivity index (χ3n) is 2.34. The van der Waals surface area contributed by atoms with E-state index in [0.717, 1.165) is 18.9 Å². The van der Waals surface area contributed by atoms with Crippen molar-refractivity contribution in [2.24, 2.45) is 0 Å². The van der Waals surface area contributed by atoms with Gasteiger partial charge in [0.1, 0.15) is 5.82 Å². The molecule has 0 saturated carbocycles. The van der Waals surface area contributed by atoms with Gasteiger partial charge in [-0.15, -0.1) is 0 Å². The SMILES string of the molecule is C[C@H]1CN(c2cc[c]cn2)C[C@H](C)O1. The maximum absolute atomic E-state index is 5.66. The van der Waals surface area contributed by atoms with E-state index in [0.29, 0.717) is 0 Å². The van der Waals surface area contributed by atoms with E-state index in [1.807, 2.05) is 12.1 Å². The van der Waals surface area contributed by atoms with E-state index in [9.17, 15) is 0 Å². The summed E-state index contributed by atoms with van der Waals surface area (Å²) >= 11 is 0. The van der Waals surface area contributed by atoms with Gasteiger partial charge in [-0.25, -0.2) is 4.98 Å². The quantitative estimate of drug-likeness (QED) is 0.672. The Kier molecular flexibility index (Phi) is 2.68. The predicted molar refractivity (Wildman–Crippen MR) is 55.3 cm³/mol. The molecule has 2 atom stereocenters. The Morgan fingerprint density at radius 1 is 1.43 bits per heavy atom. The van der Waals surface area contributed by atoms with Gasteiger partial charge in [-0.3, -0.25) is 0 Å². The summed E-state index contributed by atoms with van der Waals surface area (Å²) in [6, 6.07) is 6.81. The molecule has 0 aliphatic carbocycles. The second-order valence-corrected chi connectivity index (χ2v) is 3.78. The van der Waals surface area contributed by atoms with Crippen molar-refractivity contribution in [3.05, 3.63) is 24.4 Å². The first-order valence-corrected chi connectivity index (χ1v) is 4.98. The molecule has 3 nitrogen and oxygen atoms in total. The van der Waals surface area contributed by atoms with Crippen LogP contribution in [0.25, 0.3) is 0 Å². The standard InChI is InChI=1S/C11H15N2O/c1-9-7-13(8-10(2)14-9)11-5-3-4-6-12-11/h3,5-6,9-10H,7-8H2,1-2H3/t9-,10-/m0/s1. The molecule has 1 radical (unpaired) electrons. The number of pyridine rings is 1. The monoisotopic (exact) mass is 191 g/mol. The fourth-order valence-electron chi connectivity index (χ4n) is 1.86. The highest BCUT2D eigenvalue weighted by Gasteiger charge is 2.22.